The van der Waals surface area contributed by atoms with Crippen molar-refractivity contribution in [2.24, 2.45) is 0 Å². The number of halogens is 1. The molecule has 0 N–H and O–H groups in total. The zero-order chi connectivity index (χ0) is 10.4. The quantitative estimate of drug-likeness (QED) is 0.583. The van der Waals surface area contributed by atoms with Gasteiger partial charge in [0.25, 0.3) is 0 Å². The van der Waals surface area contributed by atoms with E-state index in [2.05, 4.69) is 40.8 Å². The summed E-state index contributed by atoms with van der Waals surface area (Å²) in [6.07, 6.45) is 2.07. The zero-order valence-corrected chi connectivity index (χ0v) is 9.60. The molecule has 1 nitrogen and oxygen atoms in total. The van der Waals surface area contributed by atoms with Crippen LogP contribution in [-0.2, 0) is 11.2 Å². The summed E-state index contributed by atoms with van der Waals surface area (Å²) < 4.78 is 1.07. The smallest absolute Gasteiger partial charge is 0.131 e. The Morgan fingerprint density at radius 2 is 2.29 bits per heavy atom. The van der Waals surface area contributed by atoms with Gasteiger partial charge in [-0.3, -0.25) is 0 Å². The molecule has 0 aliphatic rings. The van der Waals surface area contributed by atoms with E-state index in [-0.39, 0.29) is 0 Å². The minimum absolute atomic E-state index is 0.305. The highest BCUT2D eigenvalue weighted by molar-refractivity contribution is 9.10. The normalized spacial score (nSPS) is 9.00. The van der Waals surface area contributed by atoms with Crippen LogP contribution in [0, 0.1) is 11.8 Å². The van der Waals surface area contributed by atoms with Crippen LogP contribution in [-0.4, -0.2) is 6.29 Å². The van der Waals surface area contributed by atoms with Crippen LogP contribution >= 0.6 is 15.9 Å². The Morgan fingerprint density at radius 1 is 1.50 bits per heavy atom. The average molecular weight is 251 g/mol. The Labute approximate surface area is 92.6 Å². The molecule has 1 aromatic carbocycles. The number of aryl methyl sites for hydroxylation is 1. The number of rotatable bonds is 2. The molecule has 1 rings (SSSR count). The Morgan fingerprint density at radius 3 is 2.93 bits per heavy atom. The van der Waals surface area contributed by atoms with Crippen molar-refractivity contribution in [3.8, 4) is 11.8 Å². The summed E-state index contributed by atoms with van der Waals surface area (Å²) in [7, 11) is 0. The fourth-order valence-corrected chi connectivity index (χ4v) is 1.57. The Balaban J connectivity index is 2.97. The third kappa shape index (κ3) is 3.01. The van der Waals surface area contributed by atoms with Crippen molar-refractivity contribution in [1.29, 1.82) is 0 Å². The van der Waals surface area contributed by atoms with Gasteiger partial charge >= 0.3 is 0 Å². The van der Waals surface area contributed by atoms with E-state index in [0.29, 0.717) is 6.42 Å². The average Bonchev–Trinajstić information content (AvgIpc) is 2.20. The predicted octanol–water partition coefficient (Wildman–Crippen LogP) is 2.95. The molecule has 0 unspecified atom stereocenters. The molecule has 0 aromatic heterocycles. The summed E-state index contributed by atoms with van der Waals surface area (Å²) in [4.78, 5) is 10.1. The van der Waals surface area contributed by atoms with Crippen molar-refractivity contribution in [2.45, 2.75) is 19.8 Å². The van der Waals surface area contributed by atoms with Crippen LogP contribution in [0.25, 0.3) is 0 Å². The molecule has 0 amide bonds. The van der Waals surface area contributed by atoms with Crippen molar-refractivity contribution in [2.75, 3.05) is 0 Å². The first-order valence-corrected chi connectivity index (χ1v) is 5.28. The molecule has 14 heavy (non-hydrogen) atoms. The van der Waals surface area contributed by atoms with Crippen molar-refractivity contribution in [3.05, 3.63) is 33.8 Å². The van der Waals surface area contributed by atoms with Gasteiger partial charge in [0, 0.05) is 10.0 Å². The van der Waals surface area contributed by atoms with Gasteiger partial charge in [0.1, 0.15) is 6.29 Å². The van der Waals surface area contributed by atoms with Crippen molar-refractivity contribution in [1.82, 2.24) is 0 Å². The molecular formula is C12H11BrO. The van der Waals surface area contributed by atoms with Gasteiger partial charge in [-0.1, -0.05) is 34.7 Å². The highest BCUT2D eigenvalue weighted by Crippen LogP contribution is 2.16. The van der Waals surface area contributed by atoms with Gasteiger partial charge < -0.3 is 4.79 Å². The third-order valence-corrected chi connectivity index (χ3v) is 2.35. The SMILES string of the molecule is CCc1cc(Br)ccc1C#CCC=O. The highest BCUT2D eigenvalue weighted by atomic mass is 79.9. The van der Waals surface area contributed by atoms with Crippen molar-refractivity contribution < 1.29 is 4.79 Å². The molecule has 0 atom stereocenters. The maximum Gasteiger partial charge on any atom is 0.131 e. The van der Waals surface area contributed by atoms with E-state index < -0.39 is 0 Å². The van der Waals surface area contributed by atoms with Gasteiger partial charge in [0.2, 0.25) is 0 Å². The lowest BCUT2D eigenvalue weighted by molar-refractivity contribution is -0.107. The monoisotopic (exact) mass is 250 g/mol. The molecule has 0 saturated heterocycles. The lowest BCUT2D eigenvalue weighted by atomic mass is 10.1. The molecule has 0 fully saturated rings. The van der Waals surface area contributed by atoms with Crippen LogP contribution in [0.15, 0.2) is 22.7 Å². The van der Waals surface area contributed by atoms with Gasteiger partial charge in [0.15, 0.2) is 0 Å². The molecule has 0 saturated carbocycles. The molecule has 0 bridgehead atoms. The summed E-state index contributed by atoms with van der Waals surface area (Å²) in [5.41, 5.74) is 2.22. The van der Waals surface area contributed by atoms with Gasteiger partial charge in [-0.05, 0) is 30.2 Å². The molecule has 0 radical (unpaired) electrons. The molecular weight excluding hydrogens is 240 g/mol. The first kappa shape index (κ1) is 11.0. The van der Waals surface area contributed by atoms with Crippen LogP contribution < -0.4 is 0 Å². The zero-order valence-electron chi connectivity index (χ0n) is 8.01. The Hall–Kier alpha value is -1.07. The van der Waals surface area contributed by atoms with E-state index >= 15 is 0 Å². The van der Waals surface area contributed by atoms with Crippen LogP contribution in [0.1, 0.15) is 24.5 Å². The van der Waals surface area contributed by atoms with E-state index in [4.69, 9.17) is 0 Å². The van der Waals surface area contributed by atoms with Gasteiger partial charge in [-0.25, -0.2) is 0 Å². The number of benzene rings is 1. The molecule has 0 aliphatic carbocycles. The molecule has 0 spiro atoms. The lowest BCUT2D eigenvalue weighted by Gasteiger charge is -2.01. The van der Waals surface area contributed by atoms with Gasteiger partial charge in [0.05, 0.1) is 6.42 Å². The maximum atomic E-state index is 10.1. The van der Waals surface area contributed by atoms with E-state index in [1.165, 1.54) is 5.56 Å². The van der Waals surface area contributed by atoms with E-state index in [1.54, 1.807) is 0 Å². The van der Waals surface area contributed by atoms with E-state index in [9.17, 15) is 4.79 Å². The largest absolute Gasteiger partial charge is 0.302 e. The van der Waals surface area contributed by atoms with Crippen molar-refractivity contribution >= 4 is 22.2 Å². The lowest BCUT2D eigenvalue weighted by Crippen LogP contribution is -1.87. The summed E-state index contributed by atoms with van der Waals surface area (Å²) in [6, 6.07) is 6.00. The fraction of sp³-hybridized carbons (Fsp3) is 0.250. The van der Waals surface area contributed by atoms with E-state index in [1.807, 2.05) is 12.1 Å². The number of aldehydes is 1. The minimum atomic E-state index is 0.305. The topological polar surface area (TPSA) is 17.1 Å². The maximum absolute atomic E-state index is 10.1. The van der Waals surface area contributed by atoms with Crippen molar-refractivity contribution in [3.63, 3.8) is 0 Å². The fourth-order valence-electron chi connectivity index (χ4n) is 1.16. The van der Waals surface area contributed by atoms with Crippen LogP contribution in [0.3, 0.4) is 0 Å². The highest BCUT2D eigenvalue weighted by Gasteiger charge is 1.97. The molecule has 0 heterocycles. The minimum Gasteiger partial charge on any atom is -0.302 e. The summed E-state index contributed by atoms with van der Waals surface area (Å²) in [6.45, 7) is 2.09. The second kappa shape index (κ2) is 5.62. The van der Waals surface area contributed by atoms with Crippen LogP contribution in [0.2, 0.25) is 0 Å². The molecule has 0 aliphatic heterocycles. The summed E-state index contributed by atoms with van der Waals surface area (Å²) in [5.74, 6) is 5.80. The number of carbonyl (C=O) groups is 1. The second-order valence-corrected chi connectivity index (χ2v) is 3.74. The standard InChI is InChI=1S/C12H11BrO/c1-2-10-9-12(13)7-6-11(10)5-3-4-8-14/h6-9H,2,4H2,1H3. The molecule has 72 valence electrons. The van der Waals surface area contributed by atoms with Gasteiger partial charge in [-0.2, -0.15) is 0 Å². The van der Waals surface area contributed by atoms with Crippen LogP contribution in [0.4, 0.5) is 0 Å². The summed E-state index contributed by atoms with van der Waals surface area (Å²) in [5, 5.41) is 0. The van der Waals surface area contributed by atoms with E-state index in [0.717, 1.165) is 22.7 Å². The third-order valence-electron chi connectivity index (χ3n) is 1.86. The summed E-state index contributed by atoms with van der Waals surface area (Å²) >= 11 is 3.41. The number of hydrogen-bond acceptors (Lipinski definition) is 1. The predicted molar refractivity (Wildman–Crippen MR) is 61.1 cm³/mol. The number of carbonyl (C=O) groups excluding carboxylic acids is 1. The second-order valence-electron chi connectivity index (χ2n) is 2.83. The first-order chi connectivity index (χ1) is 6.77. The van der Waals surface area contributed by atoms with Crippen LogP contribution in [0.5, 0.6) is 0 Å². The molecule has 2 heteroatoms. The first-order valence-electron chi connectivity index (χ1n) is 4.49. The number of hydrogen-bond donors (Lipinski definition) is 0. The Bertz CT molecular complexity index is 385. The molecule has 1 aromatic rings. The van der Waals surface area contributed by atoms with Gasteiger partial charge in [-0.15, -0.1) is 0 Å². The Kier molecular flexibility index (Phi) is 4.42.